The number of halogens is 2. The Morgan fingerprint density at radius 2 is 2.00 bits per heavy atom. The van der Waals surface area contributed by atoms with Crippen molar-refractivity contribution in [2.24, 2.45) is 0 Å². The van der Waals surface area contributed by atoms with E-state index >= 15 is 0 Å². The van der Waals surface area contributed by atoms with Gasteiger partial charge in [-0.05, 0) is 24.6 Å². The van der Waals surface area contributed by atoms with E-state index in [2.05, 4.69) is 15.4 Å². The lowest BCUT2D eigenvalue weighted by Gasteiger charge is -2.30. The summed E-state index contributed by atoms with van der Waals surface area (Å²) in [6.45, 7) is 1.87. The minimum Gasteiger partial charge on any atom is -0.465 e. The number of esters is 1. The summed E-state index contributed by atoms with van der Waals surface area (Å²) in [6, 6.07) is 5.33. The predicted octanol–water partition coefficient (Wildman–Crippen LogP) is 2.04. The quantitative estimate of drug-likeness (QED) is 0.831. The zero-order valence-electron chi connectivity index (χ0n) is 13.1. The minimum atomic E-state index is -2.81. The number of amides is 1. The van der Waals surface area contributed by atoms with Crippen LogP contribution in [0.25, 0.3) is 0 Å². The van der Waals surface area contributed by atoms with E-state index in [9.17, 15) is 18.4 Å². The molecule has 1 unspecified atom stereocenters. The van der Waals surface area contributed by atoms with Crippen LogP contribution in [0.15, 0.2) is 24.3 Å². The van der Waals surface area contributed by atoms with E-state index in [0.717, 1.165) is 5.56 Å². The molecule has 0 saturated carbocycles. The fraction of sp³-hybridized carbons (Fsp3) is 0.500. The molecule has 1 amide bonds. The number of carbonyl (C=O) groups is 2. The van der Waals surface area contributed by atoms with Crippen molar-refractivity contribution in [2.75, 3.05) is 13.7 Å². The summed E-state index contributed by atoms with van der Waals surface area (Å²) in [7, 11) is 1.30. The fourth-order valence-electron chi connectivity index (χ4n) is 2.51. The van der Waals surface area contributed by atoms with Gasteiger partial charge in [0.2, 0.25) is 5.91 Å². The van der Waals surface area contributed by atoms with Crippen molar-refractivity contribution in [3.05, 3.63) is 35.4 Å². The molecular weight excluding hydrogens is 306 g/mol. The molecule has 2 rings (SSSR count). The van der Waals surface area contributed by atoms with Gasteiger partial charge in [-0.1, -0.05) is 12.1 Å². The second-order valence-corrected chi connectivity index (χ2v) is 5.66. The zero-order chi connectivity index (χ0) is 17.0. The van der Waals surface area contributed by atoms with Crippen LogP contribution in [0, 0.1) is 0 Å². The number of hydrogen-bond acceptors (Lipinski definition) is 4. The number of rotatable bonds is 4. The monoisotopic (exact) mass is 326 g/mol. The molecule has 0 bridgehead atoms. The number of hydrogen-bond donors (Lipinski definition) is 2. The highest BCUT2D eigenvalue weighted by atomic mass is 19.3. The zero-order valence-corrected chi connectivity index (χ0v) is 13.1. The first kappa shape index (κ1) is 17.3. The number of carbonyl (C=O) groups excluding carboxylic acids is 2. The summed E-state index contributed by atoms with van der Waals surface area (Å²) in [5.41, 5.74) is 1.18. The average molecular weight is 326 g/mol. The maximum atomic E-state index is 13.4. The molecule has 7 heteroatoms. The Morgan fingerprint density at radius 3 is 2.57 bits per heavy atom. The minimum absolute atomic E-state index is 0.118. The fourth-order valence-corrected chi connectivity index (χ4v) is 2.51. The van der Waals surface area contributed by atoms with E-state index in [1.54, 1.807) is 31.2 Å². The number of ether oxygens (including phenoxy) is 1. The Bertz CT molecular complexity index is 575. The van der Waals surface area contributed by atoms with Crippen molar-refractivity contribution >= 4 is 11.9 Å². The second-order valence-electron chi connectivity index (χ2n) is 5.66. The van der Waals surface area contributed by atoms with Crippen LogP contribution in [-0.2, 0) is 9.53 Å². The van der Waals surface area contributed by atoms with Crippen molar-refractivity contribution < 1.29 is 23.1 Å². The van der Waals surface area contributed by atoms with Crippen LogP contribution in [0.1, 0.15) is 41.7 Å². The van der Waals surface area contributed by atoms with Gasteiger partial charge in [-0.2, -0.15) is 0 Å². The summed E-state index contributed by atoms with van der Waals surface area (Å²) in [5.74, 6) is -3.70. The van der Waals surface area contributed by atoms with Crippen molar-refractivity contribution in [3.8, 4) is 0 Å². The standard InChI is InChI=1S/C16H20F2N2O3/c1-10(11-3-5-12(6-4-11)15(22)23-2)20-14(21)13-9-16(17,18)7-8-19-13/h3-6,10,13,19H,7-9H2,1-2H3,(H,20,21)/t10-,13?/m0/s1. The Labute approximate surface area is 133 Å². The maximum absolute atomic E-state index is 13.4. The van der Waals surface area contributed by atoms with Gasteiger partial charge in [-0.25, -0.2) is 13.6 Å². The summed E-state index contributed by atoms with van der Waals surface area (Å²) < 4.78 is 31.3. The van der Waals surface area contributed by atoms with E-state index in [1.807, 2.05) is 0 Å². The number of alkyl halides is 2. The van der Waals surface area contributed by atoms with Gasteiger partial charge in [0.15, 0.2) is 0 Å². The highest BCUT2D eigenvalue weighted by Gasteiger charge is 2.39. The van der Waals surface area contributed by atoms with E-state index < -0.39 is 30.3 Å². The Balaban J connectivity index is 1.97. The van der Waals surface area contributed by atoms with Gasteiger partial charge in [-0.3, -0.25) is 4.79 Å². The molecule has 2 N–H and O–H groups in total. The third-order valence-corrected chi connectivity index (χ3v) is 3.89. The lowest BCUT2D eigenvalue weighted by Crippen LogP contribution is -2.52. The van der Waals surface area contributed by atoms with Gasteiger partial charge in [0.25, 0.3) is 5.92 Å². The van der Waals surface area contributed by atoms with Crippen molar-refractivity contribution in [2.45, 2.75) is 37.8 Å². The number of benzene rings is 1. The van der Waals surface area contributed by atoms with Crippen molar-refractivity contribution in [3.63, 3.8) is 0 Å². The maximum Gasteiger partial charge on any atom is 0.337 e. The molecule has 1 aromatic carbocycles. The molecular formula is C16H20F2N2O3. The van der Waals surface area contributed by atoms with Crippen molar-refractivity contribution in [1.82, 2.24) is 10.6 Å². The molecule has 5 nitrogen and oxygen atoms in total. The molecule has 0 spiro atoms. The molecule has 0 aliphatic carbocycles. The molecule has 0 radical (unpaired) electrons. The molecule has 1 aliphatic heterocycles. The van der Waals surface area contributed by atoms with Crippen LogP contribution in [0.2, 0.25) is 0 Å². The first-order chi connectivity index (χ1) is 10.8. The number of methoxy groups -OCH3 is 1. The Morgan fingerprint density at radius 1 is 1.35 bits per heavy atom. The average Bonchev–Trinajstić information content (AvgIpc) is 2.53. The van der Waals surface area contributed by atoms with Crippen molar-refractivity contribution in [1.29, 1.82) is 0 Å². The van der Waals surface area contributed by atoms with Crippen LogP contribution in [-0.4, -0.2) is 37.5 Å². The predicted molar refractivity (Wildman–Crippen MR) is 80.3 cm³/mol. The lowest BCUT2D eigenvalue weighted by atomic mass is 9.99. The van der Waals surface area contributed by atoms with Gasteiger partial charge >= 0.3 is 5.97 Å². The molecule has 1 aliphatic rings. The molecule has 1 saturated heterocycles. The summed E-state index contributed by atoms with van der Waals surface area (Å²) in [4.78, 5) is 23.5. The van der Waals surface area contributed by atoms with E-state index in [1.165, 1.54) is 7.11 Å². The normalized spacial score (nSPS) is 21.3. The van der Waals surface area contributed by atoms with Crippen LogP contribution >= 0.6 is 0 Å². The van der Waals surface area contributed by atoms with E-state index in [0.29, 0.717) is 5.56 Å². The summed E-state index contributed by atoms with van der Waals surface area (Å²) in [6.07, 6.45) is -0.742. The molecule has 1 fully saturated rings. The first-order valence-electron chi connectivity index (χ1n) is 7.42. The molecule has 0 aromatic heterocycles. The SMILES string of the molecule is COC(=O)c1ccc([C@H](C)NC(=O)C2CC(F)(F)CCN2)cc1. The summed E-state index contributed by atoms with van der Waals surface area (Å²) >= 11 is 0. The molecule has 2 atom stereocenters. The van der Waals surface area contributed by atoms with Gasteiger partial charge in [0.05, 0.1) is 24.8 Å². The summed E-state index contributed by atoms with van der Waals surface area (Å²) in [5, 5.41) is 5.53. The third kappa shape index (κ3) is 4.48. The van der Waals surface area contributed by atoms with Crippen LogP contribution in [0.5, 0.6) is 0 Å². The highest BCUT2D eigenvalue weighted by molar-refractivity contribution is 5.89. The van der Waals surface area contributed by atoms with Gasteiger partial charge in [-0.15, -0.1) is 0 Å². The Kier molecular flexibility index (Phi) is 5.30. The highest BCUT2D eigenvalue weighted by Crippen LogP contribution is 2.27. The largest absolute Gasteiger partial charge is 0.465 e. The van der Waals surface area contributed by atoms with Gasteiger partial charge in [0, 0.05) is 19.4 Å². The third-order valence-electron chi connectivity index (χ3n) is 3.89. The van der Waals surface area contributed by atoms with E-state index in [-0.39, 0.29) is 19.0 Å². The molecule has 23 heavy (non-hydrogen) atoms. The van der Waals surface area contributed by atoms with E-state index in [4.69, 9.17) is 0 Å². The molecule has 1 aromatic rings. The lowest BCUT2D eigenvalue weighted by molar-refractivity contribution is -0.129. The smallest absolute Gasteiger partial charge is 0.337 e. The van der Waals surface area contributed by atoms with Crippen LogP contribution in [0.3, 0.4) is 0 Å². The van der Waals surface area contributed by atoms with Crippen LogP contribution in [0.4, 0.5) is 8.78 Å². The number of nitrogens with one attached hydrogen (secondary N) is 2. The van der Waals surface area contributed by atoms with Gasteiger partial charge < -0.3 is 15.4 Å². The molecule has 126 valence electrons. The Hall–Kier alpha value is -2.02. The first-order valence-corrected chi connectivity index (χ1v) is 7.42. The van der Waals surface area contributed by atoms with Gasteiger partial charge in [0.1, 0.15) is 0 Å². The number of piperidine rings is 1. The van der Waals surface area contributed by atoms with Crippen LogP contribution < -0.4 is 10.6 Å². The second kappa shape index (κ2) is 7.04. The topological polar surface area (TPSA) is 67.4 Å². The molecule has 1 heterocycles.